The molecule has 1 aromatic rings. The van der Waals surface area contributed by atoms with E-state index >= 15 is 0 Å². The van der Waals surface area contributed by atoms with Crippen LogP contribution in [0.3, 0.4) is 0 Å². The van der Waals surface area contributed by atoms with Gasteiger partial charge in [-0.1, -0.05) is 26.2 Å². The summed E-state index contributed by atoms with van der Waals surface area (Å²) in [5.74, 6) is 0. The molecule has 92 valence electrons. The van der Waals surface area contributed by atoms with Crippen molar-refractivity contribution in [2.24, 2.45) is 0 Å². The molecular weight excluding hydrogens is 222 g/mol. The van der Waals surface area contributed by atoms with Crippen LogP contribution in [-0.2, 0) is 13.0 Å². The largest absolute Gasteiger partial charge is 1.00 e. The van der Waals surface area contributed by atoms with Crippen molar-refractivity contribution in [3.63, 3.8) is 0 Å². The summed E-state index contributed by atoms with van der Waals surface area (Å²) in [5.41, 5.74) is 1.38. The second-order valence-corrected chi connectivity index (χ2v) is 3.98. The van der Waals surface area contributed by atoms with E-state index in [0.29, 0.717) is 6.54 Å². The van der Waals surface area contributed by atoms with Crippen molar-refractivity contribution < 1.29 is 22.1 Å². The van der Waals surface area contributed by atoms with Crippen LogP contribution < -0.4 is 17.0 Å². The van der Waals surface area contributed by atoms with E-state index in [0.717, 1.165) is 6.42 Å². The van der Waals surface area contributed by atoms with Gasteiger partial charge in [0.05, 0.1) is 0 Å². The second kappa shape index (κ2) is 9.61. The van der Waals surface area contributed by atoms with E-state index in [1.54, 1.807) is 0 Å². The third kappa shape index (κ3) is 6.09. The van der Waals surface area contributed by atoms with Crippen molar-refractivity contribution in [2.75, 3.05) is 6.61 Å². The van der Waals surface area contributed by atoms with E-state index in [-0.39, 0.29) is 19.0 Å². The van der Waals surface area contributed by atoms with Crippen LogP contribution in [0.15, 0.2) is 24.5 Å². The molecule has 0 aliphatic carbocycles. The summed E-state index contributed by atoms with van der Waals surface area (Å²) < 4.78 is 2.05. The average Bonchev–Trinajstić information content (AvgIpc) is 2.26. The number of aryl methyl sites for hydroxylation is 1. The highest BCUT2D eigenvalue weighted by molar-refractivity contribution is 5.05. The minimum absolute atomic E-state index is 0. The van der Waals surface area contributed by atoms with Gasteiger partial charge in [-0.15, -0.1) is 0 Å². The number of nitrogens with zero attached hydrogens (tertiary/aromatic N) is 1. The van der Waals surface area contributed by atoms with Crippen LogP contribution in [-0.4, -0.2) is 11.7 Å². The summed E-state index contributed by atoms with van der Waals surface area (Å²) in [6, 6.07) is 4.23. The molecule has 0 aromatic carbocycles. The SMILES string of the molecule is CCCCCCc1ccc[n+](CCO)c1.[Cl-]. The highest BCUT2D eigenvalue weighted by Gasteiger charge is 2.01. The molecule has 2 nitrogen and oxygen atoms in total. The van der Waals surface area contributed by atoms with E-state index in [2.05, 4.69) is 29.8 Å². The molecule has 1 rings (SSSR count). The Labute approximate surface area is 105 Å². The number of rotatable bonds is 7. The minimum atomic E-state index is 0. The Hall–Kier alpha value is -0.600. The van der Waals surface area contributed by atoms with Crippen molar-refractivity contribution in [2.45, 2.75) is 45.6 Å². The molecule has 0 bridgehead atoms. The number of unbranched alkanes of at least 4 members (excludes halogenated alkanes) is 3. The Morgan fingerprint density at radius 3 is 2.75 bits per heavy atom. The lowest BCUT2D eigenvalue weighted by molar-refractivity contribution is -0.698. The summed E-state index contributed by atoms with van der Waals surface area (Å²) >= 11 is 0. The number of hydrogen-bond acceptors (Lipinski definition) is 1. The number of pyridine rings is 1. The lowest BCUT2D eigenvalue weighted by Gasteiger charge is -2.00. The Morgan fingerprint density at radius 2 is 2.06 bits per heavy atom. The van der Waals surface area contributed by atoms with Crippen molar-refractivity contribution in [1.29, 1.82) is 0 Å². The molecule has 1 heterocycles. The number of halogens is 1. The van der Waals surface area contributed by atoms with Crippen LogP contribution in [0, 0.1) is 0 Å². The number of aliphatic hydroxyl groups excluding tert-OH is 1. The van der Waals surface area contributed by atoms with E-state index in [9.17, 15) is 0 Å². The van der Waals surface area contributed by atoms with Gasteiger partial charge in [0.25, 0.3) is 0 Å². The molecule has 0 atom stereocenters. The Balaban J connectivity index is 0.00000225. The van der Waals surface area contributed by atoms with Gasteiger partial charge in [-0.05, 0) is 18.9 Å². The maximum atomic E-state index is 8.84. The van der Waals surface area contributed by atoms with Gasteiger partial charge in [-0.25, -0.2) is 4.57 Å². The molecule has 1 aromatic heterocycles. The molecule has 0 amide bonds. The van der Waals surface area contributed by atoms with Gasteiger partial charge in [0.2, 0.25) is 0 Å². The van der Waals surface area contributed by atoms with Crippen LogP contribution in [0.25, 0.3) is 0 Å². The second-order valence-electron chi connectivity index (χ2n) is 3.98. The monoisotopic (exact) mass is 243 g/mol. The summed E-state index contributed by atoms with van der Waals surface area (Å²) in [5, 5.41) is 8.84. The van der Waals surface area contributed by atoms with Crippen LogP contribution in [0.1, 0.15) is 38.2 Å². The molecule has 0 spiro atoms. The highest BCUT2D eigenvalue weighted by atomic mass is 35.5. The summed E-state index contributed by atoms with van der Waals surface area (Å²) in [6.07, 6.45) is 10.5. The Kier molecular flexibility index (Phi) is 9.25. The third-order valence-corrected chi connectivity index (χ3v) is 2.60. The molecule has 0 fully saturated rings. The van der Waals surface area contributed by atoms with Gasteiger partial charge >= 0.3 is 0 Å². The third-order valence-electron chi connectivity index (χ3n) is 2.60. The first-order valence-corrected chi connectivity index (χ1v) is 5.95. The molecule has 3 heteroatoms. The van der Waals surface area contributed by atoms with Gasteiger partial charge in [-0.3, -0.25) is 0 Å². The van der Waals surface area contributed by atoms with Gasteiger partial charge < -0.3 is 17.5 Å². The fourth-order valence-electron chi connectivity index (χ4n) is 1.73. The molecule has 0 aliphatic rings. The number of hydrogen-bond donors (Lipinski definition) is 1. The molecule has 0 saturated heterocycles. The molecular formula is C13H22ClNO. The summed E-state index contributed by atoms with van der Waals surface area (Å²) in [7, 11) is 0. The van der Waals surface area contributed by atoms with Crippen molar-refractivity contribution >= 4 is 0 Å². The van der Waals surface area contributed by atoms with E-state index in [4.69, 9.17) is 5.11 Å². The van der Waals surface area contributed by atoms with Gasteiger partial charge in [0.1, 0.15) is 6.61 Å². The normalized spacial score (nSPS) is 9.88. The van der Waals surface area contributed by atoms with Gasteiger partial charge in [0.15, 0.2) is 18.9 Å². The lowest BCUT2D eigenvalue weighted by Crippen LogP contribution is -3.00. The van der Waals surface area contributed by atoms with E-state index in [1.807, 2.05) is 6.20 Å². The van der Waals surface area contributed by atoms with Crippen molar-refractivity contribution in [3.05, 3.63) is 30.1 Å². The maximum absolute atomic E-state index is 8.84. The summed E-state index contributed by atoms with van der Waals surface area (Å²) in [4.78, 5) is 0. The van der Waals surface area contributed by atoms with Gasteiger partial charge in [-0.2, -0.15) is 0 Å². The number of aromatic nitrogens is 1. The molecule has 0 unspecified atom stereocenters. The van der Waals surface area contributed by atoms with Crippen LogP contribution in [0.5, 0.6) is 0 Å². The fraction of sp³-hybridized carbons (Fsp3) is 0.615. The molecule has 1 N–H and O–H groups in total. The quantitative estimate of drug-likeness (QED) is 0.487. The van der Waals surface area contributed by atoms with E-state index in [1.165, 1.54) is 31.2 Å². The predicted molar refractivity (Wildman–Crippen MR) is 61.6 cm³/mol. The molecule has 16 heavy (non-hydrogen) atoms. The highest BCUT2D eigenvalue weighted by Crippen LogP contribution is 2.05. The zero-order valence-corrected chi connectivity index (χ0v) is 10.8. The van der Waals surface area contributed by atoms with Crippen LogP contribution >= 0.6 is 0 Å². The number of aliphatic hydroxyl groups is 1. The fourth-order valence-corrected chi connectivity index (χ4v) is 1.73. The summed E-state index contributed by atoms with van der Waals surface area (Å²) in [6.45, 7) is 3.14. The minimum Gasteiger partial charge on any atom is -1.00 e. The predicted octanol–water partition coefficient (Wildman–Crippen LogP) is -0.907. The van der Waals surface area contributed by atoms with Crippen LogP contribution in [0.2, 0.25) is 0 Å². The van der Waals surface area contributed by atoms with Crippen molar-refractivity contribution in [3.8, 4) is 0 Å². The molecule has 0 aliphatic heterocycles. The smallest absolute Gasteiger partial charge is 0.172 e. The van der Waals surface area contributed by atoms with Crippen molar-refractivity contribution in [1.82, 2.24) is 0 Å². The standard InChI is InChI=1S/C13H22NO.ClH/c1-2-3-4-5-7-13-8-6-9-14(12-13)10-11-15;/h6,8-9,12,15H,2-5,7,10-11H2,1H3;1H/q+1;/p-1. The van der Waals surface area contributed by atoms with E-state index < -0.39 is 0 Å². The maximum Gasteiger partial charge on any atom is 0.172 e. The average molecular weight is 244 g/mol. The van der Waals surface area contributed by atoms with Gasteiger partial charge in [0, 0.05) is 11.6 Å². The Bertz CT molecular complexity index is 278. The zero-order valence-electron chi connectivity index (χ0n) is 10.0. The topological polar surface area (TPSA) is 24.1 Å². The molecule has 0 saturated carbocycles. The lowest BCUT2D eigenvalue weighted by atomic mass is 10.1. The van der Waals surface area contributed by atoms with Crippen LogP contribution in [0.4, 0.5) is 0 Å². The molecule has 0 radical (unpaired) electrons. The first-order chi connectivity index (χ1) is 7.36. The Morgan fingerprint density at radius 1 is 1.25 bits per heavy atom. The first kappa shape index (κ1) is 15.4. The first-order valence-electron chi connectivity index (χ1n) is 5.95. The zero-order chi connectivity index (χ0) is 10.9.